The van der Waals surface area contributed by atoms with E-state index >= 15 is 0 Å². The third-order valence-corrected chi connectivity index (χ3v) is 5.31. The lowest BCUT2D eigenvalue weighted by Crippen LogP contribution is -2.54. The number of hydrogen-bond acceptors (Lipinski definition) is 6. The molecule has 29 heavy (non-hydrogen) atoms. The molecule has 7 heteroatoms. The molecule has 1 amide bonds. The van der Waals surface area contributed by atoms with Crippen LogP contribution >= 0.6 is 0 Å². The highest BCUT2D eigenvalue weighted by molar-refractivity contribution is 5.77. The first-order valence-electron chi connectivity index (χ1n) is 9.57. The first kappa shape index (κ1) is 18.9. The molecule has 4 rings (SSSR count). The zero-order valence-electron chi connectivity index (χ0n) is 16.7. The summed E-state index contributed by atoms with van der Waals surface area (Å²) in [6.07, 6.45) is 0.565. The Morgan fingerprint density at radius 1 is 1.21 bits per heavy atom. The molecule has 0 bridgehead atoms. The average Bonchev–Trinajstić information content (AvgIpc) is 3.20. The van der Waals surface area contributed by atoms with Gasteiger partial charge in [-0.3, -0.25) is 4.79 Å². The van der Waals surface area contributed by atoms with E-state index in [0.29, 0.717) is 23.7 Å². The SMILES string of the molecule is CCC(=O)NC1(C#N)CC(c2ccc3c(c2)OCO3)c2ccc(N(C)C)cc2O1. The van der Waals surface area contributed by atoms with Crippen molar-refractivity contribution in [2.75, 3.05) is 25.8 Å². The monoisotopic (exact) mass is 393 g/mol. The molecule has 2 atom stereocenters. The number of ether oxygens (including phenoxy) is 3. The number of nitrogens with one attached hydrogen (secondary N) is 1. The number of rotatable bonds is 4. The van der Waals surface area contributed by atoms with Crippen LogP contribution in [-0.4, -0.2) is 32.5 Å². The summed E-state index contributed by atoms with van der Waals surface area (Å²) in [6, 6.07) is 13.9. The Morgan fingerprint density at radius 2 is 2.00 bits per heavy atom. The molecular formula is C22H23N3O4. The maximum atomic E-state index is 12.1. The van der Waals surface area contributed by atoms with Gasteiger partial charge in [-0.15, -0.1) is 0 Å². The molecule has 0 fully saturated rings. The Morgan fingerprint density at radius 3 is 2.72 bits per heavy atom. The smallest absolute Gasteiger partial charge is 0.272 e. The van der Waals surface area contributed by atoms with Crippen molar-refractivity contribution in [2.45, 2.75) is 31.4 Å². The Labute approximate surface area is 169 Å². The van der Waals surface area contributed by atoms with Crippen LogP contribution in [0.1, 0.15) is 36.8 Å². The fraction of sp³-hybridized carbons (Fsp3) is 0.364. The number of fused-ring (bicyclic) bond motifs is 2. The van der Waals surface area contributed by atoms with Crippen LogP contribution in [0.4, 0.5) is 5.69 Å². The largest absolute Gasteiger partial charge is 0.454 e. The van der Waals surface area contributed by atoms with Gasteiger partial charge in [0, 0.05) is 50.2 Å². The van der Waals surface area contributed by atoms with Gasteiger partial charge in [0.25, 0.3) is 5.72 Å². The number of anilines is 1. The summed E-state index contributed by atoms with van der Waals surface area (Å²) in [6.45, 7) is 1.95. The van der Waals surface area contributed by atoms with E-state index in [1.165, 1.54) is 0 Å². The van der Waals surface area contributed by atoms with Crippen LogP contribution in [0.15, 0.2) is 36.4 Å². The van der Waals surface area contributed by atoms with Gasteiger partial charge in [0.15, 0.2) is 11.5 Å². The quantitative estimate of drug-likeness (QED) is 0.859. The number of benzene rings is 2. The van der Waals surface area contributed by atoms with Gasteiger partial charge in [0.05, 0.1) is 0 Å². The van der Waals surface area contributed by atoms with E-state index in [1.807, 2.05) is 55.4 Å². The second kappa shape index (κ2) is 7.21. The Hall–Kier alpha value is -3.40. The molecular weight excluding hydrogens is 370 g/mol. The van der Waals surface area contributed by atoms with Crippen molar-refractivity contribution in [1.29, 1.82) is 5.26 Å². The second-order valence-corrected chi connectivity index (χ2v) is 7.43. The predicted molar refractivity (Wildman–Crippen MR) is 107 cm³/mol. The minimum Gasteiger partial charge on any atom is -0.454 e. The van der Waals surface area contributed by atoms with Gasteiger partial charge < -0.3 is 24.4 Å². The van der Waals surface area contributed by atoms with Gasteiger partial charge in [-0.2, -0.15) is 5.26 Å². The zero-order valence-corrected chi connectivity index (χ0v) is 16.7. The molecule has 1 N–H and O–H groups in total. The van der Waals surface area contributed by atoms with E-state index in [4.69, 9.17) is 14.2 Å². The van der Waals surface area contributed by atoms with E-state index in [2.05, 4.69) is 11.4 Å². The van der Waals surface area contributed by atoms with Crippen LogP contribution in [0.3, 0.4) is 0 Å². The predicted octanol–water partition coefficient (Wildman–Crippen LogP) is 3.14. The summed E-state index contributed by atoms with van der Waals surface area (Å²) >= 11 is 0. The molecule has 2 unspecified atom stereocenters. The van der Waals surface area contributed by atoms with E-state index in [9.17, 15) is 10.1 Å². The molecule has 2 heterocycles. The topological polar surface area (TPSA) is 83.8 Å². The molecule has 0 radical (unpaired) electrons. The van der Waals surface area contributed by atoms with Gasteiger partial charge in [-0.1, -0.05) is 19.1 Å². The van der Waals surface area contributed by atoms with Crippen molar-refractivity contribution in [1.82, 2.24) is 5.32 Å². The minimum atomic E-state index is -1.44. The maximum Gasteiger partial charge on any atom is 0.272 e. The first-order valence-corrected chi connectivity index (χ1v) is 9.57. The maximum absolute atomic E-state index is 12.1. The summed E-state index contributed by atoms with van der Waals surface area (Å²) in [5.74, 6) is 1.59. The first-order chi connectivity index (χ1) is 13.9. The van der Waals surface area contributed by atoms with Crippen LogP contribution in [0.25, 0.3) is 0 Å². The van der Waals surface area contributed by atoms with E-state index < -0.39 is 5.72 Å². The van der Waals surface area contributed by atoms with Crippen LogP contribution in [0.5, 0.6) is 17.2 Å². The van der Waals surface area contributed by atoms with Crippen molar-refractivity contribution in [3.8, 4) is 23.3 Å². The van der Waals surface area contributed by atoms with Crippen molar-refractivity contribution in [3.05, 3.63) is 47.5 Å². The lowest BCUT2D eigenvalue weighted by molar-refractivity contribution is -0.125. The third-order valence-electron chi connectivity index (χ3n) is 5.31. The van der Waals surface area contributed by atoms with Crippen molar-refractivity contribution >= 4 is 11.6 Å². The molecule has 0 saturated carbocycles. The van der Waals surface area contributed by atoms with E-state index in [-0.39, 0.29) is 25.0 Å². The van der Waals surface area contributed by atoms with Gasteiger partial charge in [0.1, 0.15) is 11.8 Å². The van der Waals surface area contributed by atoms with E-state index in [1.54, 1.807) is 6.92 Å². The fourth-order valence-corrected chi connectivity index (χ4v) is 3.72. The summed E-state index contributed by atoms with van der Waals surface area (Å²) in [4.78, 5) is 14.1. The minimum absolute atomic E-state index is 0.152. The van der Waals surface area contributed by atoms with Crippen molar-refractivity contribution < 1.29 is 19.0 Å². The lowest BCUT2D eigenvalue weighted by atomic mass is 9.81. The van der Waals surface area contributed by atoms with Gasteiger partial charge in [-0.05, 0) is 23.8 Å². The molecule has 7 nitrogen and oxygen atoms in total. The number of nitriles is 1. The molecule has 2 aromatic rings. The molecule has 2 aromatic carbocycles. The number of hydrogen-bond donors (Lipinski definition) is 1. The van der Waals surface area contributed by atoms with Crippen LogP contribution in [0, 0.1) is 11.3 Å². The lowest BCUT2D eigenvalue weighted by Gasteiger charge is -2.38. The van der Waals surface area contributed by atoms with E-state index in [0.717, 1.165) is 16.8 Å². The second-order valence-electron chi connectivity index (χ2n) is 7.43. The highest BCUT2D eigenvalue weighted by Crippen LogP contribution is 2.46. The number of carbonyl (C=O) groups excluding carboxylic acids is 1. The molecule has 150 valence electrons. The summed E-state index contributed by atoms with van der Waals surface area (Å²) in [5.41, 5.74) is 1.45. The Balaban J connectivity index is 1.81. The molecule has 0 aromatic heterocycles. The number of nitrogens with zero attached hydrogens (tertiary/aromatic N) is 2. The summed E-state index contributed by atoms with van der Waals surface area (Å²) < 4.78 is 17.1. The molecule has 2 aliphatic heterocycles. The standard InChI is InChI=1S/C22H23N3O4/c1-4-21(26)24-22(12-23)11-17(14-5-8-18-20(9-14)28-13-27-18)16-7-6-15(25(2)3)10-19(16)29-22/h5-10,17H,4,11,13H2,1-3H3,(H,24,26). The highest BCUT2D eigenvalue weighted by atomic mass is 16.7. The zero-order chi connectivity index (χ0) is 20.6. The third kappa shape index (κ3) is 3.42. The average molecular weight is 393 g/mol. The van der Waals surface area contributed by atoms with Crippen LogP contribution in [0.2, 0.25) is 0 Å². The van der Waals surface area contributed by atoms with Crippen molar-refractivity contribution in [2.24, 2.45) is 0 Å². The van der Waals surface area contributed by atoms with Gasteiger partial charge in [-0.25, -0.2) is 0 Å². The summed E-state index contributed by atoms with van der Waals surface area (Å²) in [7, 11) is 3.88. The summed E-state index contributed by atoms with van der Waals surface area (Å²) in [5, 5.41) is 12.7. The fourth-order valence-electron chi connectivity index (χ4n) is 3.72. The molecule has 2 aliphatic rings. The van der Waals surface area contributed by atoms with Crippen molar-refractivity contribution in [3.63, 3.8) is 0 Å². The van der Waals surface area contributed by atoms with Crippen LogP contribution in [-0.2, 0) is 4.79 Å². The highest BCUT2D eigenvalue weighted by Gasteiger charge is 2.43. The van der Waals surface area contributed by atoms with Gasteiger partial charge in [0.2, 0.25) is 12.7 Å². The molecule has 0 aliphatic carbocycles. The molecule has 0 spiro atoms. The Kier molecular flexibility index (Phi) is 4.71. The number of amides is 1. The molecule has 0 saturated heterocycles. The van der Waals surface area contributed by atoms with Crippen LogP contribution < -0.4 is 24.4 Å². The Bertz CT molecular complexity index is 998. The number of carbonyl (C=O) groups is 1. The normalized spacial score (nSPS) is 21.5. The van der Waals surface area contributed by atoms with Gasteiger partial charge >= 0.3 is 0 Å².